The Morgan fingerprint density at radius 2 is 2.05 bits per heavy atom. The molecule has 1 aliphatic heterocycles. The highest BCUT2D eigenvalue weighted by Crippen LogP contribution is 2.33. The molecule has 1 saturated heterocycles. The number of amides is 1. The number of piperidine rings is 1. The standard InChI is InChI=1S/C13H19N3O4S/c1-13(2,3)20-12(19)16-7-5-4-6-8(16)9-14-15-10(21-9)11(17)18/h8H,4-7H2,1-3H3,(H,17,18). The van der Waals surface area contributed by atoms with Crippen LogP contribution in [0.3, 0.4) is 0 Å². The fourth-order valence-corrected chi connectivity index (χ4v) is 3.01. The Morgan fingerprint density at radius 3 is 2.62 bits per heavy atom. The van der Waals surface area contributed by atoms with Crippen LogP contribution < -0.4 is 0 Å². The van der Waals surface area contributed by atoms with Crippen LogP contribution in [0.1, 0.15) is 60.9 Å². The van der Waals surface area contributed by atoms with Gasteiger partial charge >= 0.3 is 12.1 Å². The maximum Gasteiger partial charge on any atom is 0.410 e. The van der Waals surface area contributed by atoms with Crippen LogP contribution >= 0.6 is 11.3 Å². The average molecular weight is 313 g/mol. The zero-order valence-corrected chi connectivity index (χ0v) is 13.1. The van der Waals surface area contributed by atoms with Gasteiger partial charge in [-0.25, -0.2) is 9.59 Å². The van der Waals surface area contributed by atoms with Crippen molar-refractivity contribution in [1.29, 1.82) is 0 Å². The molecular weight excluding hydrogens is 294 g/mol. The third-order valence-electron chi connectivity index (χ3n) is 3.04. The number of ether oxygens (including phenoxy) is 1. The molecule has 2 heterocycles. The monoisotopic (exact) mass is 313 g/mol. The van der Waals surface area contributed by atoms with Crippen molar-refractivity contribution >= 4 is 23.4 Å². The summed E-state index contributed by atoms with van der Waals surface area (Å²) >= 11 is 1.02. The SMILES string of the molecule is CC(C)(C)OC(=O)N1CCCCC1c1nnc(C(=O)O)s1. The summed E-state index contributed by atoms with van der Waals surface area (Å²) in [6.07, 6.45) is 2.22. The molecule has 0 aliphatic carbocycles. The van der Waals surface area contributed by atoms with Crippen molar-refractivity contribution in [3.05, 3.63) is 10.0 Å². The van der Waals surface area contributed by atoms with E-state index in [0.717, 1.165) is 30.6 Å². The van der Waals surface area contributed by atoms with E-state index in [0.29, 0.717) is 11.6 Å². The minimum atomic E-state index is -1.10. The van der Waals surface area contributed by atoms with Crippen LogP contribution in [0.15, 0.2) is 0 Å². The van der Waals surface area contributed by atoms with Crippen LogP contribution in [-0.4, -0.2) is 44.4 Å². The number of hydrogen-bond donors (Lipinski definition) is 1. The van der Waals surface area contributed by atoms with Crippen LogP contribution in [-0.2, 0) is 4.74 Å². The van der Waals surface area contributed by atoms with E-state index in [-0.39, 0.29) is 17.1 Å². The van der Waals surface area contributed by atoms with Gasteiger partial charge in [0.1, 0.15) is 10.6 Å². The van der Waals surface area contributed by atoms with E-state index >= 15 is 0 Å². The second-order valence-electron chi connectivity index (χ2n) is 5.94. The Bertz CT molecular complexity index is 538. The van der Waals surface area contributed by atoms with Crippen molar-refractivity contribution in [3.63, 3.8) is 0 Å². The number of aromatic carboxylic acids is 1. The lowest BCUT2D eigenvalue weighted by Crippen LogP contribution is -2.41. The average Bonchev–Trinajstić information content (AvgIpc) is 2.86. The van der Waals surface area contributed by atoms with Gasteiger partial charge < -0.3 is 9.84 Å². The first kappa shape index (κ1) is 15.7. The molecule has 1 N–H and O–H groups in total. The zero-order valence-electron chi connectivity index (χ0n) is 12.3. The molecular formula is C13H19N3O4S. The minimum absolute atomic E-state index is 0.0558. The van der Waals surface area contributed by atoms with E-state index in [2.05, 4.69) is 10.2 Å². The Kier molecular flexibility index (Phi) is 4.46. The van der Waals surface area contributed by atoms with E-state index in [1.54, 1.807) is 4.90 Å². The molecule has 0 spiro atoms. The van der Waals surface area contributed by atoms with Crippen molar-refractivity contribution in [2.75, 3.05) is 6.54 Å². The quantitative estimate of drug-likeness (QED) is 0.902. The molecule has 1 amide bonds. The van der Waals surface area contributed by atoms with Crippen molar-refractivity contribution < 1.29 is 19.4 Å². The Labute approximate surface area is 126 Å². The van der Waals surface area contributed by atoms with E-state index < -0.39 is 11.6 Å². The first-order valence-electron chi connectivity index (χ1n) is 6.84. The Hall–Kier alpha value is -1.70. The number of likely N-dealkylation sites (tertiary alicyclic amines) is 1. The van der Waals surface area contributed by atoms with Gasteiger partial charge in [-0.3, -0.25) is 4.90 Å². The number of rotatable bonds is 2. The van der Waals surface area contributed by atoms with Crippen LogP contribution in [0.25, 0.3) is 0 Å². The van der Waals surface area contributed by atoms with Gasteiger partial charge in [0.05, 0.1) is 6.04 Å². The maximum atomic E-state index is 12.3. The van der Waals surface area contributed by atoms with Gasteiger partial charge in [-0.15, -0.1) is 10.2 Å². The fourth-order valence-electron chi connectivity index (χ4n) is 2.18. The fraction of sp³-hybridized carbons (Fsp3) is 0.692. The normalized spacial score (nSPS) is 19.4. The van der Waals surface area contributed by atoms with Crippen molar-refractivity contribution in [2.24, 2.45) is 0 Å². The lowest BCUT2D eigenvalue weighted by atomic mass is 10.0. The summed E-state index contributed by atoms with van der Waals surface area (Å²) in [5.74, 6) is -1.10. The molecule has 116 valence electrons. The lowest BCUT2D eigenvalue weighted by Gasteiger charge is -2.35. The van der Waals surface area contributed by atoms with E-state index in [1.807, 2.05) is 20.8 Å². The molecule has 1 aromatic rings. The van der Waals surface area contributed by atoms with Gasteiger partial charge in [0.2, 0.25) is 5.01 Å². The lowest BCUT2D eigenvalue weighted by molar-refractivity contribution is 0.00940. The third-order valence-corrected chi connectivity index (χ3v) is 4.05. The second kappa shape index (κ2) is 5.97. The molecule has 0 saturated carbocycles. The van der Waals surface area contributed by atoms with E-state index in [4.69, 9.17) is 9.84 Å². The number of carbonyl (C=O) groups excluding carboxylic acids is 1. The predicted molar refractivity (Wildman–Crippen MR) is 76.4 cm³/mol. The third kappa shape index (κ3) is 3.90. The number of carboxylic acid groups (broad SMARTS) is 1. The molecule has 0 radical (unpaired) electrons. The molecule has 21 heavy (non-hydrogen) atoms. The minimum Gasteiger partial charge on any atom is -0.476 e. The first-order chi connectivity index (χ1) is 9.78. The summed E-state index contributed by atoms with van der Waals surface area (Å²) < 4.78 is 5.41. The van der Waals surface area contributed by atoms with Gasteiger partial charge in [-0.05, 0) is 40.0 Å². The predicted octanol–water partition coefficient (Wildman–Crippen LogP) is 2.70. The second-order valence-corrected chi connectivity index (χ2v) is 6.95. The highest BCUT2D eigenvalue weighted by Gasteiger charge is 2.33. The van der Waals surface area contributed by atoms with E-state index in [1.165, 1.54) is 0 Å². The summed E-state index contributed by atoms with van der Waals surface area (Å²) in [6, 6.07) is -0.251. The van der Waals surface area contributed by atoms with Crippen molar-refractivity contribution in [3.8, 4) is 0 Å². The van der Waals surface area contributed by atoms with Gasteiger partial charge in [0.15, 0.2) is 0 Å². The van der Waals surface area contributed by atoms with Crippen molar-refractivity contribution in [1.82, 2.24) is 15.1 Å². The number of hydrogen-bond acceptors (Lipinski definition) is 6. The van der Waals surface area contributed by atoms with Crippen LogP contribution in [0.4, 0.5) is 4.79 Å². The molecule has 1 aliphatic rings. The molecule has 0 bridgehead atoms. The Morgan fingerprint density at radius 1 is 1.33 bits per heavy atom. The molecule has 1 aromatic heterocycles. The number of carboxylic acids is 1. The molecule has 1 fully saturated rings. The maximum absolute atomic E-state index is 12.3. The number of aromatic nitrogens is 2. The van der Waals surface area contributed by atoms with Gasteiger partial charge in [0.25, 0.3) is 0 Å². The van der Waals surface area contributed by atoms with Crippen molar-refractivity contribution in [2.45, 2.75) is 51.7 Å². The molecule has 1 atom stereocenters. The first-order valence-corrected chi connectivity index (χ1v) is 7.66. The summed E-state index contributed by atoms with van der Waals surface area (Å²) in [5.41, 5.74) is -0.563. The van der Waals surface area contributed by atoms with Crippen LogP contribution in [0.5, 0.6) is 0 Å². The van der Waals surface area contributed by atoms with Crippen LogP contribution in [0, 0.1) is 0 Å². The van der Waals surface area contributed by atoms with E-state index in [9.17, 15) is 9.59 Å². The highest BCUT2D eigenvalue weighted by molar-refractivity contribution is 7.13. The van der Waals surface area contributed by atoms with Gasteiger partial charge in [0, 0.05) is 6.54 Å². The van der Waals surface area contributed by atoms with Gasteiger partial charge in [-0.1, -0.05) is 11.3 Å². The summed E-state index contributed by atoms with van der Waals surface area (Å²) in [7, 11) is 0. The zero-order chi connectivity index (χ0) is 15.6. The Balaban J connectivity index is 2.18. The highest BCUT2D eigenvalue weighted by atomic mass is 32.1. The molecule has 8 heteroatoms. The smallest absolute Gasteiger partial charge is 0.410 e. The van der Waals surface area contributed by atoms with Gasteiger partial charge in [-0.2, -0.15) is 0 Å². The topological polar surface area (TPSA) is 92.6 Å². The molecule has 7 nitrogen and oxygen atoms in total. The summed E-state index contributed by atoms with van der Waals surface area (Å²) in [4.78, 5) is 24.8. The summed E-state index contributed by atoms with van der Waals surface area (Å²) in [5, 5.41) is 17.0. The molecule has 2 rings (SSSR count). The summed E-state index contributed by atoms with van der Waals surface area (Å²) in [6.45, 7) is 6.04. The van der Waals surface area contributed by atoms with Crippen LogP contribution in [0.2, 0.25) is 0 Å². The molecule has 0 aromatic carbocycles. The molecule has 1 unspecified atom stereocenters. The largest absolute Gasteiger partial charge is 0.476 e. The number of nitrogens with zero attached hydrogens (tertiary/aromatic N) is 3. The number of carbonyl (C=O) groups is 2.